The number of hydrogen-bond acceptors (Lipinski definition) is 8. The van der Waals surface area contributed by atoms with Crippen molar-refractivity contribution >= 4 is 27.6 Å². The van der Waals surface area contributed by atoms with Gasteiger partial charge in [0.2, 0.25) is 0 Å². The average Bonchev–Trinajstić information content (AvgIpc) is 3.20. The van der Waals surface area contributed by atoms with Gasteiger partial charge in [0.15, 0.2) is 5.03 Å². The topological polar surface area (TPSA) is 128 Å². The second-order valence-corrected chi connectivity index (χ2v) is 12.7. The first-order valence-corrected chi connectivity index (χ1v) is 14.8. The molecule has 3 aromatic rings. The summed E-state index contributed by atoms with van der Waals surface area (Å²) in [5.41, 5.74) is 6.32. The molecule has 1 amide bonds. The lowest BCUT2D eigenvalue weighted by Crippen LogP contribution is -2.43. The number of benzene rings is 1. The minimum Gasteiger partial charge on any atom is -0.493 e. The molecule has 1 saturated heterocycles. The van der Waals surface area contributed by atoms with Gasteiger partial charge in [-0.25, -0.2) is 19.1 Å². The highest BCUT2D eigenvalue weighted by Crippen LogP contribution is 2.40. The first-order chi connectivity index (χ1) is 18.8. The van der Waals surface area contributed by atoms with Gasteiger partial charge in [0.05, 0.1) is 17.9 Å². The Morgan fingerprint density at radius 2 is 2.00 bits per heavy atom. The van der Waals surface area contributed by atoms with Crippen LogP contribution in [0, 0.1) is 17.7 Å². The first-order valence-electron chi connectivity index (χ1n) is 13.3. The third kappa shape index (κ3) is 6.35. The van der Waals surface area contributed by atoms with E-state index in [0.717, 1.165) is 12.8 Å². The molecular formula is C29H38FN5O4S. The Morgan fingerprint density at radius 3 is 2.67 bits per heavy atom. The molecule has 11 heteroatoms. The number of anilines is 2. The van der Waals surface area contributed by atoms with Gasteiger partial charge in [-0.05, 0) is 68.0 Å². The Balaban J connectivity index is 0.00000462. The Morgan fingerprint density at radius 1 is 1.25 bits per heavy atom. The highest BCUT2D eigenvalue weighted by Gasteiger charge is 2.41. The fourth-order valence-electron chi connectivity index (χ4n) is 4.99. The standard InChI is InChI=1S/C29H36FN5O4S.H2/c1-6-29(5)15-19(4)16-35(29)27-23(28(36)34-40(37,38)26-9-7-8-25(31)33-26)10-11-24(32-27)20-12-21(30)14-22(13-20)39-17-18(2)3;/h7-14,18-19H,6,15-17H2,1-5H3,(H2,31,33)(H,34,36);1H. The van der Waals surface area contributed by atoms with Crippen LogP contribution in [0.3, 0.4) is 0 Å². The molecule has 1 aromatic carbocycles. The third-order valence-electron chi connectivity index (χ3n) is 7.07. The summed E-state index contributed by atoms with van der Waals surface area (Å²) in [5.74, 6) is -0.0322. The zero-order chi connectivity index (χ0) is 29.2. The second-order valence-electron chi connectivity index (χ2n) is 11.1. The number of sulfonamides is 1. The maximum atomic E-state index is 14.6. The maximum Gasteiger partial charge on any atom is 0.281 e. The molecule has 1 aliphatic rings. The van der Waals surface area contributed by atoms with E-state index < -0.39 is 21.7 Å². The lowest BCUT2D eigenvalue weighted by atomic mass is 9.92. The second kappa shape index (κ2) is 11.4. The molecule has 0 radical (unpaired) electrons. The van der Waals surface area contributed by atoms with Gasteiger partial charge in [-0.2, -0.15) is 8.42 Å². The number of carbonyl (C=O) groups is 1. The van der Waals surface area contributed by atoms with E-state index in [9.17, 15) is 17.6 Å². The van der Waals surface area contributed by atoms with Crippen LogP contribution >= 0.6 is 0 Å². The van der Waals surface area contributed by atoms with E-state index in [0.29, 0.717) is 41.9 Å². The van der Waals surface area contributed by atoms with Crippen molar-refractivity contribution < 1.29 is 23.8 Å². The summed E-state index contributed by atoms with van der Waals surface area (Å²) in [6.07, 6.45) is 1.65. The van der Waals surface area contributed by atoms with Crippen LogP contribution in [0.1, 0.15) is 59.2 Å². The molecule has 0 saturated carbocycles. The zero-order valence-electron chi connectivity index (χ0n) is 23.4. The average molecular weight is 572 g/mol. The van der Waals surface area contributed by atoms with Crippen molar-refractivity contribution in [3.63, 3.8) is 0 Å². The predicted octanol–water partition coefficient (Wildman–Crippen LogP) is 5.28. The molecule has 3 heterocycles. The van der Waals surface area contributed by atoms with E-state index in [4.69, 9.17) is 15.5 Å². The number of nitrogens with zero attached hydrogens (tertiary/aromatic N) is 3. The van der Waals surface area contributed by atoms with Crippen LogP contribution in [-0.4, -0.2) is 43.0 Å². The number of nitrogens with two attached hydrogens (primary N) is 1. The smallest absolute Gasteiger partial charge is 0.281 e. The minimum absolute atomic E-state index is 0. The van der Waals surface area contributed by atoms with E-state index in [2.05, 4.69) is 35.4 Å². The molecule has 3 N–H and O–H groups in total. The Hall–Kier alpha value is -3.73. The highest BCUT2D eigenvalue weighted by molar-refractivity contribution is 7.90. The number of halogens is 1. The summed E-state index contributed by atoms with van der Waals surface area (Å²) in [6, 6.07) is 11.6. The van der Waals surface area contributed by atoms with Crippen molar-refractivity contribution in [1.82, 2.24) is 14.7 Å². The fraction of sp³-hybridized carbons (Fsp3) is 0.414. The molecule has 1 aliphatic heterocycles. The summed E-state index contributed by atoms with van der Waals surface area (Å²) < 4.78 is 48.4. The molecule has 2 atom stereocenters. The number of nitrogen functional groups attached to an aromatic ring is 1. The van der Waals surface area contributed by atoms with Gasteiger partial charge in [0.25, 0.3) is 15.9 Å². The number of hydrogen-bond donors (Lipinski definition) is 2. The van der Waals surface area contributed by atoms with Crippen molar-refractivity contribution in [3.05, 3.63) is 59.9 Å². The summed E-state index contributed by atoms with van der Waals surface area (Å²) in [4.78, 5) is 24.2. The molecular weight excluding hydrogens is 533 g/mol. The van der Waals surface area contributed by atoms with E-state index in [1.807, 2.05) is 13.8 Å². The fourth-order valence-corrected chi connectivity index (χ4v) is 5.94. The number of carbonyl (C=O) groups excluding carboxylic acids is 1. The van der Waals surface area contributed by atoms with Crippen LogP contribution in [0.15, 0.2) is 53.6 Å². The van der Waals surface area contributed by atoms with E-state index in [-0.39, 0.29) is 29.3 Å². The summed E-state index contributed by atoms with van der Waals surface area (Å²) in [6.45, 7) is 11.3. The van der Waals surface area contributed by atoms with Gasteiger partial charge in [-0.3, -0.25) is 4.79 Å². The Kier molecular flexibility index (Phi) is 8.34. The van der Waals surface area contributed by atoms with Gasteiger partial charge in [-0.1, -0.05) is 33.8 Å². The number of aromatic nitrogens is 2. The van der Waals surface area contributed by atoms with Crippen molar-refractivity contribution in [3.8, 4) is 17.0 Å². The van der Waals surface area contributed by atoms with Gasteiger partial charge >= 0.3 is 0 Å². The molecule has 2 aromatic heterocycles. The Bertz CT molecular complexity index is 1520. The molecule has 216 valence electrons. The largest absolute Gasteiger partial charge is 0.493 e. The zero-order valence-corrected chi connectivity index (χ0v) is 24.3. The molecule has 40 heavy (non-hydrogen) atoms. The monoisotopic (exact) mass is 571 g/mol. The lowest BCUT2D eigenvalue weighted by Gasteiger charge is -2.36. The normalized spacial score (nSPS) is 19.2. The number of amides is 1. The van der Waals surface area contributed by atoms with Crippen molar-refractivity contribution in [1.29, 1.82) is 0 Å². The summed E-state index contributed by atoms with van der Waals surface area (Å²) in [5, 5.41) is -0.367. The van der Waals surface area contributed by atoms with E-state index in [1.165, 1.54) is 36.4 Å². The molecule has 4 rings (SSSR count). The Labute approximate surface area is 236 Å². The quantitative estimate of drug-likeness (QED) is 0.355. The maximum absolute atomic E-state index is 14.6. The molecule has 1 fully saturated rings. The van der Waals surface area contributed by atoms with Crippen LogP contribution in [0.4, 0.5) is 16.0 Å². The van der Waals surface area contributed by atoms with Crippen LogP contribution in [0.2, 0.25) is 0 Å². The lowest BCUT2D eigenvalue weighted by molar-refractivity contribution is 0.0981. The van der Waals surface area contributed by atoms with Crippen molar-refractivity contribution in [2.45, 2.75) is 58.0 Å². The van der Waals surface area contributed by atoms with Crippen LogP contribution < -0.4 is 20.1 Å². The summed E-state index contributed by atoms with van der Waals surface area (Å²) >= 11 is 0. The predicted molar refractivity (Wildman–Crippen MR) is 155 cm³/mol. The molecule has 0 spiro atoms. The van der Waals surface area contributed by atoms with Crippen LogP contribution in [0.25, 0.3) is 11.3 Å². The molecule has 9 nitrogen and oxygen atoms in total. The van der Waals surface area contributed by atoms with Gasteiger partial charge in [-0.15, -0.1) is 0 Å². The van der Waals surface area contributed by atoms with E-state index in [1.54, 1.807) is 12.1 Å². The van der Waals surface area contributed by atoms with Gasteiger partial charge in [0.1, 0.15) is 23.2 Å². The SMILES string of the molecule is CCC1(C)CC(C)CN1c1nc(-c2cc(F)cc(OCC(C)C)c2)ccc1C(=O)NS(=O)(=O)c1cccc(N)n1.[HH]. The third-order valence-corrected chi connectivity index (χ3v) is 8.30. The molecule has 0 aliphatic carbocycles. The highest BCUT2D eigenvalue weighted by atomic mass is 32.2. The van der Waals surface area contributed by atoms with E-state index >= 15 is 0 Å². The molecule has 0 bridgehead atoms. The summed E-state index contributed by atoms with van der Waals surface area (Å²) in [7, 11) is -4.31. The molecule has 2 unspecified atom stereocenters. The number of ether oxygens (including phenoxy) is 1. The first kappa shape index (κ1) is 29.3. The minimum atomic E-state index is -4.31. The van der Waals surface area contributed by atoms with Crippen LogP contribution in [-0.2, 0) is 10.0 Å². The number of rotatable bonds is 9. The van der Waals surface area contributed by atoms with Crippen LogP contribution in [0.5, 0.6) is 5.75 Å². The van der Waals surface area contributed by atoms with Gasteiger partial charge < -0.3 is 15.4 Å². The number of nitrogens with one attached hydrogen (secondary N) is 1. The van der Waals surface area contributed by atoms with Crippen molar-refractivity contribution in [2.24, 2.45) is 11.8 Å². The van der Waals surface area contributed by atoms with Gasteiger partial charge in [0, 0.05) is 25.1 Å². The van der Waals surface area contributed by atoms with Crippen molar-refractivity contribution in [2.75, 3.05) is 23.8 Å². The number of pyridine rings is 2.